The molecule has 1 fully saturated rings. The maximum atomic E-state index is 12.5. The van der Waals surface area contributed by atoms with Gasteiger partial charge >= 0.3 is 0 Å². The number of nitrogens with zero attached hydrogens (tertiary/aromatic N) is 6. The standard InChI is InChI=1S/C21H31N5O.C21H33N5O.C19H29N5O/c1-21(2,3)16-8-6-9-17-15(16)14-18(24-17)19(27)25-20(22)23-10-7-13-26-11-4-5-12-26;1-6-26(7-2)13-9-12-23-20(22)25-19(27)18-14-15-16(21(3,4)5)10-8-11-17(15)24-18;1-19(2,3)14-8-6-9-15-13(14)12-16(22-15)17(25)23-18(20)21-10-7-11-24(4)5/h6,8-9,14,24H,4-5,7,10-13H2,1-3H3,(H3,22,23,25,27);8,10-11,14,24H,6-7,9,12-13H2,1-5H3,(H3,22,23,25,27);6,8-9,12,22H,7,10-11H2,1-5H3,(H3,20,21,23,25). The molecule has 0 bridgehead atoms. The van der Waals surface area contributed by atoms with Crippen LogP contribution in [0.15, 0.2) is 87.8 Å². The molecule has 1 aliphatic heterocycles. The largest absolute Gasteiger partial charge is 0.370 e. The first kappa shape index (κ1) is 62.8. The topological polar surface area (TPSA) is 260 Å². The summed E-state index contributed by atoms with van der Waals surface area (Å²) in [6.07, 6.45) is 5.36. The van der Waals surface area contributed by atoms with Crippen molar-refractivity contribution in [2.75, 3.05) is 79.5 Å². The summed E-state index contributed by atoms with van der Waals surface area (Å²) in [6.45, 7) is 33.0. The monoisotopic (exact) mass is 1080 g/mol. The maximum Gasteiger partial charge on any atom is 0.274 e. The van der Waals surface area contributed by atoms with Gasteiger partial charge in [-0.1, -0.05) is 113 Å². The molecule has 3 amide bonds. The van der Waals surface area contributed by atoms with Crippen LogP contribution in [0.1, 0.15) is 156 Å². The van der Waals surface area contributed by atoms with E-state index in [-0.39, 0.29) is 51.8 Å². The molecule has 0 spiro atoms. The molecule has 0 radical (unpaired) electrons. The van der Waals surface area contributed by atoms with Gasteiger partial charge in [-0.05, 0) is 161 Å². The molecule has 4 heterocycles. The molecular formula is C61H93N15O3. The Morgan fingerprint density at radius 1 is 0.532 bits per heavy atom. The van der Waals surface area contributed by atoms with Gasteiger partial charge in [-0.15, -0.1) is 0 Å². The second-order valence-corrected chi connectivity index (χ2v) is 23.7. The molecule has 0 aliphatic carbocycles. The highest BCUT2D eigenvalue weighted by Gasteiger charge is 2.23. The van der Waals surface area contributed by atoms with Crippen LogP contribution in [0.5, 0.6) is 0 Å². The van der Waals surface area contributed by atoms with Gasteiger partial charge in [0.05, 0.1) is 0 Å². The average Bonchev–Trinajstić information content (AvgIpc) is 4.27. The Morgan fingerprint density at radius 3 is 1.18 bits per heavy atom. The van der Waals surface area contributed by atoms with Crippen LogP contribution in [0.25, 0.3) is 32.7 Å². The first-order chi connectivity index (χ1) is 37.3. The number of aromatic amines is 3. The minimum absolute atomic E-state index is 0.000790. The van der Waals surface area contributed by atoms with Crippen LogP contribution in [0.2, 0.25) is 0 Å². The van der Waals surface area contributed by atoms with Crippen molar-refractivity contribution in [1.82, 2.24) is 45.6 Å². The Labute approximate surface area is 469 Å². The van der Waals surface area contributed by atoms with Crippen LogP contribution < -0.4 is 33.2 Å². The SMILES string of the molecule is CC(C)(C)c1cccc2[nH]c(C(=O)NC(N)=NCCCN3CCCC3)cc12.CCN(CC)CCCN=C(N)NC(=O)c1cc2c(C(C)(C)C)cccc2[nH]1.CN(C)CCCN=C(N)NC(=O)c1cc2c(C(C)(C)C)cccc2[nH]1. The lowest BCUT2D eigenvalue weighted by Crippen LogP contribution is -2.37. The van der Waals surface area contributed by atoms with Gasteiger partial charge in [-0.2, -0.15) is 0 Å². The summed E-state index contributed by atoms with van der Waals surface area (Å²) in [7, 11) is 4.02. The van der Waals surface area contributed by atoms with E-state index in [9.17, 15) is 14.4 Å². The molecule has 6 aromatic rings. The van der Waals surface area contributed by atoms with E-state index in [2.05, 4.69) is 155 Å². The Hall–Kier alpha value is -7.02. The van der Waals surface area contributed by atoms with E-state index in [1.54, 1.807) is 0 Å². The smallest absolute Gasteiger partial charge is 0.274 e. The van der Waals surface area contributed by atoms with Gasteiger partial charge in [-0.3, -0.25) is 45.3 Å². The number of aliphatic imine (C=N–C) groups is 3. The summed E-state index contributed by atoms with van der Waals surface area (Å²) in [5, 5.41) is 11.2. The van der Waals surface area contributed by atoms with Gasteiger partial charge in [0.1, 0.15) is 17.1 Å². The Balaban J connectivity index is 0.000000218. The van der Waals surface area contributed by atoms with Gasteiger partial charge in [-0.25, -0.2) is 0 Å². The lowest BCUT2D eigenvalue weighted by Gasteiger charge is -2.19. The highest BCUT2D eigenvalue weighted by Crippen LogP contribution is 2.33. The minimum atomic E-state index is -0.273. The third-order valence-electron chi connectivity index (χ3n) is 13.8. The number of guanidine groups is 3. The molecule has 3 aromatic carbocycles. The van der Waals surface area contributed by atoms with Crippen LogP contribution >= 0.6 is 0 Å². The second kappa shape index (κ2) is 28.7. The van der Waals surface area contributed by atoms with Crippen molar-refractivity contribution in [3.63, 3.8) is 0 Å². The highest BCUT2D eigenvalue weighted by atomic mass is 16.2. The summed E-state index contributed by atoms with van der Waals surface area (Å²) >= 11 is 0. The van der Waals surface area contributed by atoms with E-state index in [4.69, 9.17) is 17.2 Å². The summed E-state index contributed by atoms with van der Waals surface area (Å²) in [5.41, 5.74) is 25.5. The van der Waals surface area contributed by atoms with Crippen LogP contribution in [-0.4, -0.2) is 145 Å². The van der Waals surface area contributed by atoms with Gasteiger partial charge in [0, 0.05) is 52.3 Å². The number of hydrogen-bond donors (Lipinski definition) is 9. The quantitative estimate of drug-likeness (QED) is 0.0240. The first-order valence-corrected chi connectivity index (χ1v) is 28.1. The number of rotatable bonds is 17. The van der Waals surface area contributed by atoms with E-state index < -0.39 is 0 Å². The molecule has 0 saturated carbocycles. The van der Waals surface area contributed by atoms with E-state index >= 15 is 0 Å². The first-order valence-electron chi connectivity index (χ1n) is 28.1. The van der Waals surface area contributed by atoms with E-state index in [1.807, 2.05) is 68.7 Å². The zero-order valence-corrected chi connectivity index (χ0v) is 49.7. The molecule has 0 unspecified atom stereocenters. The van der Waals surface area contributed by atoms with Gasteiger partial charge < -0.3 is 46.9 Å². The number of likely N-dealkylation sites (tertiary alicyclic amines) is 1. The molecule has 1 aliphatic rings. The second-order valence-electron chi connectivity index (χ2n) is 23.7. The predicted molar refractivity (Wildman–Crippen MR) is 329 cm³/mol. The predicted octanol–water partition coefficient (Wildman–Crippen LogP) is 8.70. The summed E-state index contributed by atoms with van der Waals surface area (Å²) < 4.78 is 0. The molecule has 18 heteroatoms. The fourth-order valence-electron chi connectivity index (χ4n) is 9.58. The zero-order chi connectivity index (χ0) is 58.1. The number of nitrogens with one attached hydrogen (secondary N) is 6. The Morgan fingerprint density at radius 2 is 0.861 bits per heavy atom. The molecular weight excluding hydrogens is 991 g/mol. The van der Waals surface area contributed by atoms with E-state index in [1.165, 1.54) is 42.6 Å². The van der Waals surface area contributed by atoms with Crippen molar-refractivity contribution < 1.29 is 14.4 Å². The summed E-state index contributed by atoms with van der Waals surface area (Å²) in [6, 6.07) is 23.9. The molecule has 79 heavy (non-hydrogen) atoms. The van der Waals surface area contributed by atoms with Gasteiger partial charge in [0.15, 0.2) is 17.9 Å². The Kier molecular flexibility index (Phi) is 22.9. The minimum Gasteiger partial charge on any atom is -0.370 e. The number of hydrogen-bond acceptors (Lipinski definition) is 9. The lowest BCUT2D eigenvalue weighted by atomic mass is 9.85. The van der Waals surface area contributed by atoms with Crippen molar-refractivity contribution in [3.8, 4) is 0 Å². The normalized spacial score (nSPS) is 13.9. The number of carbonyl (C=O) groups excluding carboxylic acids is 3. The number of H-pyrrole nitrogens is 3. The number of nitrogens with two attached hydrogens (primary N) is 3. The van der Waals surface area contributed by atoms with Crippen LogP contribution in [0.4, 0.5) is 0 Å². The molecule has 0 atom stereocenters. The summed E-state index contributed by atoms with van der Waals surface area (Å²) in [4.78, 5) is 66.6. The van der Waals surface area contributed by atoms with Crippen molar-refractivity contribution in [3.05, 3.63) is 107 Å². The van der Waals surface area contributed by atoms with Crippen molar-refractivity contribution in [1.29, 1.82) is 0 Å². The van der Waals surface area contributed by atoms with Crippen LogP contribution in [0.3, 0.4) is 0 Å². The Bertz CT molecular complexity index is 2910. The average molecular weight is 1080 g/mol. The number of fused-ring (bicyclic) bond motifs is 3. The number of benzene rings is 3. The fourth-order valence-corrected chi connectivity index (χ4v) is 9.58. The number of carbonyl (C=O) groups is 3. The number of amides is 3. The van der Waals surface area contributed by atoms with Crippen molar-refractivity contribution in [2.24, 2.45) is 32.2 Å². The fraction of sp³-hybridized carbons (Fsp3) is 0.508. The molecule has 7 rings (SSSR count). The molecule has 1 saturated heterocycles. The molecule has 12 N–H and O–H groups in total. The third-order valence-corrected chi connectivity index (χ3v) is 13.8. The van der Waals surface area contributed by atoms with E-state index in [0.29, 0.717) is 36.7 Å². The number of aromatic nitrogens is 3. The van der Waals surface area contributed by atoms with Gasteiger partial charge in [0.25, 0.3) is 17.7 Å². The maximum absolute atomic E-state index is 12.5. The van der Waals surface area contributed by atoms with Gasteiger partial charge in [0.2, 0.25) is 0 Å². The van der Waals surface area contributed by atoms with E-state index in [0.717, 1.165) is 84.7 Å². The molecule has 18 nitrogen and oxygen atoms in total. The van der Waals surface area contributed by atoms with Crippen molar-refractivity contribution in [2.45, 2.75) is 125 Å². The third kappa shape index (κ3) is 19.1. The summed E-state index contributed by atoms with van der Waals surface area (Å²) in [5.74, 6) is -0.309. The lowest BCUT2D eigenvalue weighted by molar-refractivity contribution is 0.0964. The zero-order valence-electron chi connectivity index (χ0n) is 49.7. The highest BCUT2D eigenvalue weighted by molar-refractivity contribution is 6.08. The molecule has 3 aromatic heterocycles. The molecule has 430 valence electrons. The van der Waals surface area contributed by atoms with Crippen molar-refractivity contribution >= 4 is 68.3 Å². The van der Waals surface area contributed by atoms with Crippen LogP contribution in [-0.2, 0) is 16.2 Å². The van der Waals surface area contributed by atoms with Crippen LogP contribution in [0, 0.1) is 0 Å².